The van der Waals surface area contributed by atoms with Crippen molar-refractivity contribution in [2.45, 2.75) is 26.4 Å². The summed E-state index contributed by atoms with van der Waals surface area (Å²) < 4.78 is 18.5. The van der Waals surface area contributed by atoms with Gasteiger partial charge in [-0.25, -0.2) is 4.39 Å². The molecule has 0 amide bonds. The van der Waals surface area contributed by atoms with Crippen LogP contribution in [0.3, 0.4) is 0 Å². The number of guanidine groups is 1. The predicted molar refractivity (Wildman–Crippen MR) is 101 cm³/mol. The van der Waals surface area contributed by atoms with Gasteiger partial charge >= 0.3 is 0 Å². The van der Waals surface area contributed by atoms with Crippen molar-refractivity contribution in [3.8, 4) is 5.75 Å². The summed E-state index contributed by atoms with van der Waals surface area (Å²) in [4.78, 5) is 4.14. The van der Waals surface area contributed by atoms with Crippen molar-refractivity contribution in [2.24, 2.45) is 4.99 Å². The van der Waals surface area contributed by atoms with Gasteiger partial charge in [0.15, 0.2) is 5.96 Å². The van der Waals surface area contributed by atoms with Crippen molar-refractivity contribution < 1.29 is 9.13 Å². The zero-order valence-corrected chi connectivity index (χ0v) is 15.6. The van der Waals surface area contributed by atoms with Gasteiger partial charge in [0.25, 0.3) is 0 Å². The van der Waals surface area contributed by atoms with Gasteiger partial charge in [-0.3, -0.25) is 4.99 Å². The van der Waals surface area contributed by atoms with E-state index in [-0.39, 0.29) is 35.9 Å². The third-order valence-corrected chi connectivity index (χ3v) is 2.77. The highest BCUT2D eigenvalue weighted by Gasteiger charge is 2.05. The van der Waals surface area contributed by atoms with Crippen LogP contribution in [0, 0.1) is 5.82 Å². The van der Waals surface area contributed by atoms with Crippen molar-refractivity contribution in [2.75, 3.05) is 20.1 Å². The van der Waals surface area contributed by atoms with Crippen molar-refractivity contribution in [1.82, 2.24) is 10.6 Å². The van der Waals surface area contributed by atoms with Gasteiger partial charge in [-0.1, -0.05) is 12.2 Å². The average molecular weight is 421 g/mol. The van der Waals surface area contributed by atoms with Gasteiger partial charge in [0.1, 0.15) is 17.7 Å². The number of hydrogen-bond acceptors (Lipinski definition) is 2. The summed E-state index contributed by atoms with van der Waals surface area (Å²) in [5.41, 5.74) is 0. The standard InChI is InChI=1S/C16H24FN3O.HI/c1-4-5-6-11-19-16(18-3)20-12-13(2)21-15-9-7-14(17)8-10-15;/h4-5,7-10,13H,6,11-12H2,1-3H3,(H2,18,19,20);1H/b5-4+;. The molecule has 0 bridgehead atoms. The van der Waals surface area contributed by atoms with Crippen molar-refractivity contribution in [1.29, 1.82) is 0 Å². The van der Waals surface area contributed by atoms with Crippen LogP contribution >= 0.6 is 24.0 Å². The Balaban J connectivity index is 0.00000441. The molecule has 1 atom stereocenters. The number of nitrogens with one attached hydrogen (secondary N) is 2. The molecule has 124 valence electrons. The first kappa shape index (κ1) is 20.7. The molecule has 0 fully saturated rings. The number of aliphatic imine (C=N–C) groups is 1. The Hall–Kier alpha value is -1.31. The quantitative estimate of drug-likeness (QED) is 0.234. The Kier molecular flexibility index (Phi) is 11.5. The van der Waals surface area contributed by atoms with E-state index >= 15 is 0 Å². The van der Waals surface area contributed by atoms with E-state index in [1.807, 2.05) is 19.9 Å². The first-order valence-corrected chi connectivity index (χ1v) is 7.13. The van der Waals surface area contributed by atoms with Crippen molar-refractivity contribution >= 4 is 29.9 Å². The highest BCUT2D eigenvalue weighted by atomic mass is 127. The topological polar surface area (TPSA) is 45.7 Å². The Morgan fingerprint density at radius 2 is 2.00 bits per heavy atom. The normalized spacial score (nSPS) is 12.6. The first-order valence-electron chi connectivity index (χ1n) is 7.13. The number of nitrogens with zero attached hydrogens (tertiary/aromatic N) is 1. The Bertz CT molecular complexity index is 463. The molecule has 2 N–H and O–H groups in total. The van der Waals surface area contributed by atoms with Crippen LogP contribution in [0.2, 0.25) is 0 Å². The number of allylic oxidation sites excluding steroid dienone is 1. The van der Waals surface area contributed by atoms with E-state index in [9.17, 15) is 4.39 Å². The van der Waals surface area contributed by atoms with Crippen LogP contribution in [0.15, 0.2) is 41.4 Å². The Morgan fingerprint density at radius 3 is 2.59 bits per heavy atom. The summed E-state index contributed by atoms with van der Waals surface area (Å²) >= 11 is 0. The highest BCUT2D eigenvalue weighted by molar-refractivity contribution is 14.0. The zero-order chi connectivity index (χ0) is 15.5. The first-order chi connectivity index (χ1) is 10.2. The summed E-state index contributed by atoms with van der Waals surface area (Å²) in [6, 6.07) is 6.01. The van der Waals surface area contributed by atoms with Gasteiger partial charge in [0, 0.05) is 13.6 Å². The van der Waals surface area contributed by atoms with Crippen LogP contribution in [0.1, 0.15) is 20.3 Å². The Labute approximate surface area is 149 Å². The SMILES string of the molecule is C/C=C/CCNC(=NC)NCC(C)Oc1ccc(F)cc1.I. The number of hydrogen-bond donors (Lipinski definition) is 2. The molecule has 0 aliphatic carbocycles. The van der Waals surface area contributed by atoms with E-state index in [2.05, 4.69) is 21.7 Å². The fourth-order valence-electron chi connectivity index (χ4n) is 1.69. The predicted octanol–water partition coefficient (Wildman–Crippen LogP) is 3.34. The molecule has 1 unspecified atom stereocenters. The molecule has 22 heavy (non-hydrogen) atoms. The highest BCUT2D eigenvalue weighted by Crippen LogP contribution is 2.12. The van der Waals surface area contributed by atoms with Crippen LogP contribution in [-0.2, 0) is 0 Å². The summed E-state index contributed by atoms with van der Waals surface area (Å²) in [6.07, 6.45) is 5.03. The summed E-state index contributed by atoms with van der Waals surface area (Å²) in [6.45, 7) is 5.39. The second-order valence-corrected chi connectivity index (χ2v) is 4.62. The monoisotopic (exact) mass is 421 g/mol. The zero-order valence-electron chi connectivity index (χ0n) is 13.3. The lowest BCUT2D eigenvalue weighted by Crippen LogP contribution is -2.42. The number of benzene rings is 1. The van der Waals surface area contributed by atoms with Crippen molar-refractivity contribution in [3.63, 3.8) is 0 Å². The molecule has 4 nitrogen and oxygen atoms in total. The van der Waals surface area contributed by atoms with Gasteiger partial charge in [-0.05, 0) is 44.5 Å². The van der Waals surface area contributed by atoms with Crippen molar-refractivity contribution in [3.05, 3.63) is 42.2 Å². The van der Waals surface area contributed by atoms with Crippen LogP contribution in [-0.4, -0.2) is 32.2 Å². The summed E-state index contributed by atoms with van der Waals surface area (Å²) in [5, 5.41) is 6.41. The van der Waals surface area contributed by atoms with Gasteiger partial charge in [0.05, 0.1) is 6.54 Å². The van der Waals surface area contributed by atoms with E-state index < -0.39 is 0 Å². The number of ether oxygens (including phenoxy) is 1. The van der Waals surface area contributed by atoms with Gasteiger partial charge in [-0.2, -0.15) is 0 Å². The minimum atomic E-state index is -0.265. The van der Waals surface area contributed by atoms with E-state index in [1.54, 1.807) is 19.2 Å². The van der Waals surface area contributed by atoms with Crippen LogP contribution < -0.4 is 15.4 Å². The molecule has 1 rings (SSSR count). The maximum atomic E-state index is 12.8. The van der Waals surface area contributed by atoms with E-state index in [0.29, 0.717) is 12.3 Å². The molecule has 0 aliphatic heterocycles. The second kappa shape index (κ2) is 12.3. The number of rotatable bonds is 7. The minimum Gasteiger partial charge on any atom is -0.489 e. The largest absolute Gasteiger partial charge is 0.489 e. The molecule has 0 saturated carbocycles. The average Bonchev–Trinajstić information content (AvgIpc) is 2.49. The fraction of sp³-hybridized carbons (Fsp3) is 0.438. The molecule has 0 aromatic heterocycles. The third kappa shape index (κ3) is 8.86. The lowest BCUT2D eigenvalue weighted by atomic mass is 10.3. The van der Waals surface area contributed by atoms with E-state index in [1.165, 1.54) is 12.1 Å². The summed E-state index contributed by atoms with van der Waals surface area (Å²) in [7, 11) is 1.73. The molecule has 0 spiro atoms. The minimum absolute atomic E-state index is 0. The second-order valence-electron chi connectivity index (χ2n) is 4.62. The lowest BCUT2D eigenvalue weighted by molar-refractivity contribution is 0.223. The molecule has 0 aliphatic rings. The summed E-state index contributed by atoms with van der Waals surface area (Å²) in [5.74, 6) is 1.13. The maximum absolute atomic E-state index is 12.8. The third-order valence-electron chi connectivity index (χ3n) is 2.77. The molecular formula is C16H25FIN3O. The molecule has 0 saturated heterocycles. The molecule has 1 aromatic carbocycles. The smallest absolute Gasteiger partial charge is 0.191 e. The van der Waals surface area contributed by atoms with Gasteiger partial charge in [-0.15, -0.1) is 24.0 Å². The van der Waals surface area contributed by atoms with Crippen LogP contribution in [0.4, 0.5) is 4.39 Å². The maximum Gasteiger partial charge on any atom is 0.191 e. The molecular weight excluding hydrogens is 396 g/mol. The molecule has 0 radical (unpaired) electrons. The van der Waals surface area contributed by atoms with Gasteiger partial charge in [0.2, 0.25) is 0 Å². The van der Waals surface area contributed by atoms with E-state index in [4.69, 9.17) is 4.74 Å². The van der Waals surface area contributed by atoms with Gasteiger partial charge < -0.3 is 15.4 Å². The van der Waals surface area contributed by atoms with Crippen LogP contribution in [0.5, 0.6) is 5.75 Å². The molecule has 0 heterocycles. The lowest BCUT2D eigenvalue weighted by Gasteiger charge is -2.17. The fourth-order valence-corrected chi connectivity index (χ4v) is 1.69. The molecule has 6 heteroatoms. The molecule has 1 aromatic rings. The number of halogens is 2. The Morgan fingerprint density at radius 1 is 1.32 bits per heavy atom. The van der Waals surface area contributed by atoms with E-state index in [0.717, 1.165) is 18.9 Å². The van der Waals surface area contributed by atoms with Crippen LogP contribution in [0.25, 0.3) is 0 Å².